The molecular formula is C15H27N. The fourth-order valence-electron chi connectivity index (χ4n) is 1.02. The molecule has 0 atom stereocenters. The molecular weight excluding hydrogens is 194 g/mol. The molecule has 0 saturated carbocycles. The largest absolute Gasteiger partial charge is 0.258 e. The molecule has 0 aliphatic heterocycles. The normalized spacial score (nSPS) is 12.7. The highest BCUT2D eigenvalue weighted by Gasteiger charge is 2.00. The fraction of sp³-hybridized carbons (Fsp3) is 0.533. The lowest BCUT2D eigenvalue weighted by Gasteiger charge is -2.05. The first kappa shape index (κ1) is 17.3. The van der Waals surface area contributed by atoms with Gasteiger partial charge in [-0.1, -0.05) is 53.3 Å². The van der Waals surface area contributed by atoms with Crippen molar-refractivity contribution in [2.75, 3.05) is 0 Å². The van der Waals surface area contributed by atoms with Crippen LogP contribution in [0.15, 0.2) is 41.6 Å². The summed E-state index contributed by atoms with van der Waals surface area (Å²) in [6.45, 7) is 16.1. The summed E-state index contributed by atoms with van der Waals surface area (Å²) >= 11 is 0. The Morgan fingerprint density at radius 1 is 1.31 bits per heavy atom. The van der Waals surface area contributed by atoms with Crippen molar-refractivity contribution < 1.29 is 0 Å². The maximum absolute atomic E-state index is 4.56. The van der Waals surface area contributed by atoms with Crippen molar-refractivity contribution >= 4 is 5.71 Å². The SMILES string of the molecule is C=CC(=N/C(=C\C=C/C)CC)C(C)C.CC. The summed E-state index contributed by atoms with van der Waals surface area (Å²) in [5.74, 6) is 0.438. The molecule has 0 radical (unpaired) electrons. The van der Waals surface area contributed by atoms with Crippen LogP contribution in [0.25, 0.3) is 0 Å². The molecule has 0 fully saturated rings. The molecule has 0 aliphatic carbocycles. The topological polar surface area (TPSA) is 12.4 Å². The minimum Gasteiger partial charge on any atom is -0.258 e. The minimum atomic E-state index is 0.438. The third-order valence-corrected chi connectivity index (χ3v) is 1.92. The highest BCUT2D eigenvalue weighted by molar-refractivity contribution is 5.96. The number of allylic oxidation sites excluding steroid dienone is 5. The first-order valence-electron chi connectivity index (χ1n) is 6.18. The van der Waals surface area contributed by atoms with Gasteiger partial charge < -0.3 is 0 Å². The van der Waals surface area contributed by atoms with Crippen LogP contribution in [0.4, 0.5) is 0 Å². The van der Waals surface area contributed by atoms with Crippen molar-refractivity contribution in [2.24, 2.45) is 10.9 Å². The van der Waals surface area contributed by atoms with Gasteiger partial charge in [0.15, 0.2) is 0 Å². The highest BCUT2D eigenvalue weighted by atomic mass is 14.8. The van der Waals surface area contributed by atoms with Crippen molar-refractivity contribution in [1.29, 1.82) is 0 Å². The van der Waals surface area contributed by atoms with Crippen molar-refractivity contribution in [1.82, 2.24) is 0 Å². The Balaban J connectivity index is 0. The summed E-state index contributed by atoms with van der Waals surface area (Å²) in [6, 6.07) is 0. The standard InChI is InChI=1S/C13H21N.C2H6/c1-6-9-10-12(7-2)14-13(8-3)11(4)5;1-2/h6,8-11H,3,7H2,1-2,4-5H3;1-2H3/b9-6-,12-10-,14-13?;. The van der Waals surface area contributed by atoms with Gasteiger partial charge in [0.2, 0.25) is 0 Å². The molecule has 0 aromatic rings. The number of rotatable bonds is 5. The van der Waals surface area contributed by atoms with E-state index in [9.17, 15) is 0 Å². The second-order valence-corrected chi connectivity index (χ2v) is 3.43. The number of hydrogen-bond donors (Lipinski definition) is 0. The third kappa shape index (κ3) is 8.22. The molecule has 1 heteroatoms. The second-order valence-electron chi connectivity index (χ2n) is 3.43. The molecule has 0 aromatic heterocycles. The number of hydrogen-bond acceptors (Lipinski definition) is 1. The van der Waals surface area contributed by atoms with Crippen LogP contribution in [-0.4, -0.2) is 5.71 Å². The van der Waals surface area contributed by atoms with Gasteiger partial charge in [0.05, 0.1) is 0 Å². The Hall–Kier alpha value is -1.11. The van der Waals surface area contributed by atoms with E-state index >= 15 is 0 Å². The number of nitrogens with zero attached hydrogens (tertiary/aromatic N) is 1. The van der Waals surface area contributed by atoms with Crippen molar-refractivity contribution in [2.45, 2.75) is 48.0 Å². The van der Waals surface area contributed by atoms with Crippen LogP contribution in [0.2, 0.25) is 0 Å². The molecule has 0 heterocycles. The molecule has 0 N–H and O–H groups in total. The van der Waals surface area contributed by atoms with Crippen molar-refractivity contribution in [3.05, 3.63) is 36.6 Å². The van der Waals surface area contributed by atoms with E-state index in [-0.39, 0.29) is 0 Å². The van der Waals surface area contributed by atoms with E-state index in [2.05, 4.69) is 32.3 Å². The van der Waals surface area contributed by atoms with E-state index in [0.29, 0.717) is 5.92 Å². The van der Waals surface area contributed by atoms with Gasteiger partial charge in [-0.15, -0.1) is 0 Å². The Labute approximate surface area is 102 Å². The molecule has 16 heavy (non-hydrogen) atoms. The average molecular weight is 221 g/mol. The van der Waals surface area contributed by atoms with Crippen LogP contribution in [0.5, 0.6) is 0 Å². The van der Waals surface area contributed by atoms with E-state index in [1.54, 1.807) is 0 Å². The zero-order chi connectivity index (χ0) is 13.0. The van der Waals surface area contributed by atoms with Crippen LogP contribution in [0.3, 0.4) is 0 Å². The van der Waals surface area contributed by atoms with Gasteiger partial charge in [-0.05, 0) is 31.4 Å². The van der Waals surface area contributed by atoms with Gasteiger partial charge in [-0.2, -0.15) is 0 Å². The van der Waals surface area contributed by atoms with Crippen molar-refractivity contribution in [3.8, 4) is 0 Å². The second kappa shape index (κ2) is 12.0. The summed E-state index contributed by atoms with van der Waals surface area (Å²) in [6.07, 6.45) is 8.86. The Morgan fingerprint density at radius 3 is 2.19 bits per heavy atom. The summed E-state index contributed by atoms with van der Waals surface area (Å²) < 4.78 is 0. The van der Waals surface area contributed by atoms with Gasteiger partial charge in [0.1, 0.15) is 0 Å². The lowest BCUT2D eigenvalue weighted by Crippen LogP contribution is -2.03. The number of aliphatic imine (C=N–C) groups is 1. The van der Waals surface area contributed by atoms with Gasteiger partial charge >= 0.3 is 0 Å². The van der Waals surface area contributed by atoms with Crippen LogP contribution in [-0.2, 0) is 0 Å². The fourth-order valence-corrected chi connectivity index (χ4v) is 1.02. The smallest absolute Gasteiger partial charge is 0.0426 e. The predicted molar refractivity (Wildman–Crippen MR) is 77.0 cm³/mol. The molecule has 0 saturated heterocycles. The molecule has 92 valence electrons. The van der Waals surface area contributed by atoms with Crippen molar-refractivity contribution in [3.63, 3.8) is 0 Å². The third-order valence-electron chi connectivity index (χ3n) is 1.92. The Kier molecular flexibility index (Phi) is 12.9. The Bertz CT molecular complexity index is 255. The van der Waals surface area contributed by atoms with E-state index in [0.717, 1.165) is 17.8 Å². The maximum Gasteiger partial charge on any atom is 0.0426 e. The molecule has 0 amide bonds. The molecule has 0 aliphatic rings. The average Bonchev–Trinajstić information content (AvgIpc) is 2.31. The van der Waals surface area contributed by atoms with Gasteiger partial charge in [0, 0.05) is 11.4 Å². The first-order chi connectivity index (χ1) is 7.65. The van der Waals surface area contributed by atoms with Gasteiger partial charge in [0.25, 0.3) is 0 Å². The Morgan fingerprint density at radius 2 is 1.88 bits per heavy atom. The van der Waals surface area contributed by atoms with Crippen LogP contribution < -0.4 is 0 Å². The molecule has 0 bridgehead atoms. The molecule has 0 aromatic carbocycles. The lowest BCUT2D eigenvalue weighted by atomic mass is 10.1. The lowest BCUT2D eigenvalue weighted by molar-refractivity contribution is 0.881. The molecule has 0 spiro atoms. The predicted octanol–water partition coefficient (Wildman–Crippen LogP) is 5.17. The molecule has 1 nitrogen and oxygen atoms in total. The monoisotopic (exact) mass is 221 g/mol. The van der Waals surface area contributed by atoms with E-state index < -0.39 is 0 Å². The van der Waals surface area contributed by atoms with E-state index in [1.165, 1.54) is 0 Å². The first-order valence-corrected chi connectivity index (χ1v) is 6.18. The van der Waals surface area contributed by atoms with Crippen LogP contribution in [0.1, 0.15) is 48.0 Å². The van der Waals surface area contributed by atoms with Gasteiger partial charge in [-0.3, -0.25) is 4.99 Å². The summed E-state index contributed by atoms with van der Waals surface area (Å²) in [5.41, 5.74) is 2.16. The molecule has 0 rings (SSSR count). The van der Waals surface area contributed by atoms with Crippen LogP contribution >= 0.6 is 0 Å². The van der Waals surface area contributed by atoms with E-state index in [1.807, 2.05) is 45.1 Å². The van der Waals surface area contributed by atoms with Gasteiger partial charge in [-0.25, -0.2) is 0 Å². The van der Waals surface area contributed by atoms with Crippen LogP contribution in [0, 0.1) is 5.92 Å². The highest BCUT2D eigenvalue weighted by Crippen LogP contribution is 2.08. The molecule has 0 unspecified atom stereocenters. The summed E-state index contributed by atoms with van der Waals surface area (Å²) in [7, 11) is 0. The summed E-state index contributed by atoms with van der Waals surface area (Å²) in [4.78, 5) is 4.56. The quantitative estimate of drug-likeness (QED) is 0.449. The summed E-state index contributed by atoms with van der Waals surface area (Å²) in [5, 5.41) is 0. The van der Waals surface area contributed by atoms with E-state index in [4.69, 9.17) is 0 Å². The zero-order valence-corrected chi connectivity index (χ0v) is 11.7. The minimum absolute atomic E-state index is 0.438. The maximum atomic E-state index is 4.56. The zero-order valence-electron chi connectivity index (χ0n) is 11.7.